The van der Waals surface area contributed by atoms with Crippen LogP contribution in [0.5, 0.6) is 0 Å². The molecule has 2 heterocycles. The van der Waals surface area contributed by atoms with Gasteiger partial charge >= 0.3 is 5.69 Å². The number of aromatic nitrogens is 2. The summed E-state index contributed by atoms with van der Waals surface area (Å²) in [5, 5.41) is 0.750. The van der Waals surface area contributed by atoms with Crippen molar-refractivity contribution in [2.75, 3.05) is 14.1 Å². The first kappa shape index (κ1) is 22.0. The van der Waals surface area contributed by atoms with Crippen LogP contribution in [-0.4, -0.2) is 34.0 Å². The smallest absolute Gasteiger partial charge is 0.337 e. The first-order valence-corrected chi connectivity index (χ1v) is 10.9. The maximum Gasteiger partial charge on any atom is 0.337 e. The van der Waals surface area contributed by atoms with Gasteiger partial charge in [-0.05, 0) is 54.4 Å². The van der Waals surface area contributed by atoms with Crippen molar-refractivity contribution in [2.24, 2.45) is 0 Å². The molecule has 0 fully saturated rings. The van der Waals surface area contributed by atoms with Gasteiger partial charge in [0.05, 0.1) is 22.5 Å². The van der Waals surface area contributed by atoms with Gasteiger partial charge in [0.15, 0.2) is 0 Å². The molecule has 0 spiro atoms. The summed E-state index contributed by atoms with van der Waals surface area (Å²) < 4.78 is 16.3. The lowest BCUT2D eigenvalue weighted by atomic mass is 10.2. The van der Waals surface area contributed by atoms with E-state index in [9.17, 15) is 18.8 Å². The average Bonchev–Trinajstić information content (AvgIpc) is 3.09. The third kappa shape index (κ3) is 3.76. The van der Waals surface area contributed by atoms with Gasteiger partial charge in [0.2, 0.25) is 0 Å². The number of carbonyl (C=O) groups excluding carboxylic acids is 1. The van der Waals surface area contributed by atoms with E-state index in [4.69, 9.17) is 11.6 Å². The highest BCUT2D eigenvalue weighted by Gasteiger charge is 2.24. The molecule has 0 saturated carbocycles. The number of carbonyl (C=O) groups is 1. The van der Waals surface area contributed by atoms with Gasteiger partial charge in [0.25, 0.3) is 11.5 Å². The van der Waals surface area contributed by atoms with E-state index in [2.05, 4.69) is 0 Å². The molecular weight excluding hydrogens is 453 g/mol. The minimum Gasteiger partial charge on any atom is -0.344 e. The van der Waals surface area contributed by atoms with Crippen molar-refractivity contribution >= 4 is 39.1 Å². The molecule has 164 valence electrons. The Bertz CT molecular complexity index is 1470. The fourth-order valence-corrected chi connectivity index (χ4v) is 4.97. The third-order valence-corrected chi connectivity index (χ3v) is 6.68. The molecule has 4 aromatic rings. The first-order valence-electron chi connectivity index (χ1n) is 9.70. The molecule has 0 aliphatic heterocycles. The lowest BCUT2D eigenvalue weighted by Crippen LogP contribution is -2.38. The Morgan fingerprint density at radius 2 is 1.81 bits per heavy atom. The molecule has 9 heteroatoms. The van der Waals surface area contributed by atoms with Crippen LogP contribution in [0.4, 0.5) is 4.39 Å². The van der Waals surface area contributed by atoms with Crippen molar-refractivity contribution in [2.45, 2.75) is 13.5 Å². The topological polar surface area (TPSA) is 64.3 Å². The summed E-state index contributed by atoms with van der Waals surface area (Å²) in [5.41, 5.74) is 0.310. The number of hydrogen-bond donors (Lipinski definition) is 0. The average molecular weight is 472 g/mol. The van der Waals surface area contributed by atoms with Crippen LogP contribution in [0, 0.1) is 12.7 Å². The molecule has 6 nitrogen and oxygen atoms in total. The fraction of sp³-hybridized carbons (Fsp3) is 0.174. The van der Waals surface area contributed by atoms with Gasteiger partial charge in [-0.3, -0.25) is 14.2 Å². The molecule has 2 aromatic heterocycles. The highest BCUT2D eigenvalue weighted by Crippen LogP contribution is 2.29. The fourth-order valence-electron chi connectivity index (χ4n) is 3.53. The summed E-state index contributed by atoms with van der Waals surface area (Å²) >= 11 is 7.06. The molecule has 0 saturated heterocycles. The van der Waals surface area contributed by atoms with Crippen molar-refractivity contribution < 1.29 is 9.18 Å². The van der Waals surface area contributed by atoms with Crippen LogP contribution < -0.4 is 11.2 Å². The highest BCUT2D eigenvalue weighted by molar-refractivity contribution is 7.20. The van der Waals surface area contributed by atoms with E-state index in [1.165, 1.54) is 21.6 Å². The summed E-state index contributed by atoms with van der Waals surface area (Å²) in [4.78, 5) is 41.9. The Hall–Kier alpha value is -3.23. The monoisotopic (exact) mass is 471 g/mol. The van der Waals surface area contributed by atoms with Crippen molar-refractivity contribution in [3.63, 3.8) is 0 Å². The molecule has 1 amide bonds. The molecule has 0 aliphatic carbocycles. The van der Waals surface area contributed by atoms with Crippen LogP contribution in [0.15, 0.2) is 58.1 Å². The summed E-state index contributed by atoms with van der Waals surface area (Å²) in [6.45, 7) is 1.73. The maximum absolute atomic E-state index is 13.8. The standard InChI is InChI=1S/C23H19ClFN3O3S/c1-13-18-20(29)28(17-9-7-15(24)8-10-17)23(31)27(12-14-5-4-6-16(25)11-14)22(18)32-19(13)21(30)26(2)3/h4-11H,12H2,1-3H3. The molecule has 0 aliphatic rings. The maximum atomic E-state index is 13.8. The minimum absolute atomic E-state index is 0.0382. The lowest BCUT2D eigenvalue weighted by Gasteiger charge is -2.12. The van der Waals surface area contributed by atoms with Crippen molar-refractivity contribution in [3.05, 3.63) is 96.2 Å². The van der Waals surface area contributed by atoms with Gasteiger partial charge in [-0.25, -0.2) is 13.8 Å². The SMILES string of the molecule is Cc1c(C(=O)N(C)C)sc2c1c(=O)n(-c1ccc(Cl)cc1)c(=O)n2Cc1cccc(F)c1. The summed E-state index contributed by atoms with van der Waals surface area (Å²) in [6, 6.07) is 12.3. The number of hydrogen-bond acceptors (Lipinski definition) is 4. The van der Waals surface area contributed by atoms with Gasteiger partial charge < -0.3 is 4.90 Å². The number of thiophene rings is 1. The van der Waals surface area contributed by atoms with Gasteiger partial charge in [-0.15, -0.1) is 11.3 Å². The molecular formula is C23H19ClFN3O3S. The van der Waals surface area contributed by atoms with Gasteiger partial charge in [-0.1, -0.05) is 23.7 Å². The zero-order chi connectivity index (χ0) is 23.2. The molecule has 0 N–H and O–H groups in total. The summed E-state index contributed by atoms with van der Waals surface area (Å²) in [6.07, 6.45) is 0. The normalized spacial score (nSPS) is 11.2. The predicted molar refractivity (Wildman–Crippen MR) is 125 cm³/mol. The van der Waals surface area contributed by atoms with E-state index >= 15 is 0 Å². The lowest BCUT2D eigenvalue weighted by molar-refractivity contribution is 0.0831. The van der Waals surface area contributed by atoms with Gasteiger partial charge in [0, 0.05) is 19.1 Å². The molecule has 2 aromatic carbocycles. The molecule has 0 bridgehead atoms. The van der Waals surface area contributed by atoms with Crippen molar-refractivity contribution in [1.29, 1.82) is 0 Å². The molecule has 0 unspecified atom stereocenters. The van der Waals surface area contributed by atoms with Crippen molar-refractivity contribution in [1.82, 2.24) is 14.0 Å². The van der Waals surface area contributed by atoms with Gasteiger partial charge in [0.1, 0.15) is 10.6 Å². The quantitative estimate of drug-likeness (QED) is 0.451. The zero-order valence-corrected chi connectivity index (χ0v) is 19.1. The van der Waals surface area contributed by atoms with Crippen LogP contribution in [0.1, 0.15) is 20.8 Å². The second-order valence-electron chi connectivity index (χ2n) is 7.55. The number of benzene rings is 2. The van der Waals surface area contributed by atoms with E-state index < -0.39 is 17.1 Å². The van der Waals surface area contributed by atoms with Crippen LogP contribution in [0.25, 0.3) is 15.9 Å². The third-order valence-electron chi connectivity index (χ3n) is 5.13. The highest BCUT2D eigenvalue weighted by atomic mass is 35.5. The number of aryl methyl sites for hydroxylation is 1. The summed E-state index contributed by atoms with van der Waals surface area (Å²) in [7, 11) is 3.25. The predicted octanol–water partition coefficient (Wildman–Crippen LogP) is 4.06. The molecule has 0 radical (unpaired) electrons. The zero-order valence-electron chi connectivity index (χ0n) is 17.6. The van der Waals surface area contributed by atoms with E-state index in [-0.39, 0.29) is 17.8 Å². The number of fused-ring (bicyclic) bond motifs is 1. The van der Waals surface area contributed by atoms with Crippen LogP contribution in [-0.2, 0) is 6.54 Å². The number of amides is 1. The van der Waals surface area contributed by atoms with Gasteiger partial charge in [-0.2, -0.15) is 0 Å². The van der Waals surface area contributed by atoms with Crippen molar-refractivity contribution in [3.8, 4) is 5.69 Å². The molecule has 32 heavy (non-hydrogen) atoms. The Labute approximate surface area is 191 Å². The summed E-state index contributed by atoms with van der Waals surface area (Å²) in [5.74, 6) is -0.686. The Balaban J connectivity index is 2.08. The largest absolute Gasteiger partial charge is 0.344 e. The van der Waals surface area contributed by atoms with E-state index in [1.54, 1.807) is 57.4 Å². The van der Waals surface area contributed by atoms with E-state index in [0.717, 1.165) is 15.9 Å². The Morgan fingerprint density at radius 3 is 2.44 bits per heavy atom. The Kier molecular flexibility index (Phi) is 5.75. The molecule has 0 atom stereocenters. The van der Waals surface area contributed by atoms with Crippen LogP contribution in [0.3, 0.4) is 0 Å². The number of nitrogens with zero attached hydrogens (tertiary/aromatic N) is 3. The van der Waals surface area contributed by atoms with E-state index in [0.29, 0.717) is 31.5 Å². The molecule has 4 rings (SSSR count). The minimum atomic E-state index is -0.584. The number of rotatable bonds is 4. The second kappa shape index (κ2) is 8.37. The first-order chi connectivity index (χ1) is 15.2. The van der Waals surface area contributed by atoms with E-state index in [1.807, 2.05) is 0 Å². The van der Waals surface area contributed by atoms with Crippen LogP contribution in [0.2, 0.25) is 5.02 Å². The Morgan fingerprint density at radius 1 is 1.12 bits per heavy atom. The van der Waals surface area contributed by atoms with Crippen LogP contribution >= 0.6 is 22.9 Å². The number of halogens is 2. The second-order valence-corrected chi connectivity index (χ2v) is 8.99.